The molecule has 11 heteroatoms. The van der Waals surface area contributed by atoms with Gasteiger partial charge in [0.25, 0.3) is 5.89 Å². The lowest BCUT2D eigenvalue weighted by Crippen LogP contribution is -2.13. The van der Waals surface area contributed by atoms with Gasteiger partial charge in [0.15, 0.2) is 21.3 Å². The first-order valence-electron chi connectivity index (χ1n) is 9.72. The first kappa shape index (κ1) is 22.3. The first-order valence-corrected chi connectivity index (χ1v) is 11.3. The van der Waals surface area contributed by atoms with Crippen LogP contribution in [0.5, 0.6) is 0 Å². The summed E-state index contributed by atoms with van der Waals surface area (Å²) in [5.41, 5.74) is 7.05. The van der Waals surface area contributed by atoms with Crippen LogP contribution in [0.2, 0.25) is 0 Å². The number of carbonyl (C=O) groups is 1. The Morgan fingerprint density at radius 3 is 2.55 bits per heavy atom. The molecule has 164 valence electrons. The zero-order chi connectivity index (χ0) is 22.6. The molecule has 0 spiro atoms. The number of benzene rings is 1. The van der Waals surface area contributed by atoms with Crippen molar-refractivity contribution in [1.29, 1.82) is 0 Å². The van der Waals surface area contributed by atoms with E-state index >= 15 is 0 Å². The molecule has 31 heavy (non-hydrogen) atoms. The van der Waals surface area contributed by atoms with Gasteiger partial charge in [0.2, 0.25) is 0 Å². The van der Waals surface area contributed by atoms with Gasteiger partial charge < -0.3 is 14.9 Å². The van der Waals surface area contributed by atoms with Crippen molar-refractivity contribution in [1.82, 2.24) is 20.2 Å². The van der Waals surface area contributed by atoms with E-state index in [1.807, 2.05) is 6.92 Å². The monoisotopic (exact) mass is 445 g/mol. The van der Waals surface area contributed by atoms with E-state index in [-0.39, 0.29) is 34.8 Å². The minimum absolute atomic E-state index is 0.0392. The van der Waals surface area contributed by atoms with Gasteiger partial charge in [0.05, 0.1) is 28.6 Å². The molecule has 10 nitrogen and oxygen atoms in total. The zero-order valence-corrected chi connectivity index (χ0v) is 18.2. The molecule has 0 atom stereocenters. The Balaban J connectivity index is 1.87. The number of hydrogen-bond donors (Lipinski definition) is 1. The van der Waals surface area contributed by atoms with Crippen LogP contribution in [-0.2, 0) is 14.6 Å². The maximum atomic E-state index is 12.3. The van der Waals surface area contributed by atoms with Crippen molar-refractivity contribution in [3.63, 3.8) is 0 Å². The molecule has 0 amide bonds. The molecule has 2 N–H and O–H groups in total. The highest BCUT2D eigenvalue weighted by molar-refractivity contribution is 7.92. The summed E-state index contributed by atoms with van der Waals surface area (Å²) < 4.78 is 35.0. The van der Waals surface area contributed by atoms with Crippen molar-refractivity contribution < 1.29 is 22.4 Å². The number of esters is 1. The lowest BCUT2D eigenvalue weighted by atomic mass is 10.1. The summed E-state index contributed by atoms with van der Waals surface area (Å²) in [5.74, 6) is -1.07. The quantitative estimate of drug-likeness (QED) is 0.404. The second kappa shape index (κ2) is 9.21. The lowest BCUT2D eigenvalue weighted by Gasteiger charge is -2.09. The Kier molecular flexibility index (Phi) is 6.64. The fraction of sp³-hybridized carbons (Fsp3) is 0.350. The van der Waals surface area contributed by atoms with E-state index in [9.17, 15) is 13.2 Å². The molecule has 0 aliphatic heterocycles. The van der Waals surface area contributed by atoms with E-state index in [4.69, 9.17) is 14.9 Å². The number of sulfone groups is 1. The molecule has 0 saturated heterocycles. The number of nitrogen functional groups attached to an aromatic ring is 1. The van der Waals surface area contributed by atoms with Gasteiger partial charge in [0, 0.05) is 5.56 Å². The lowest BCUT2D eigenvalue weighted by molar-refractivity contribution is 0.0455. The summed E-state index contributed by atoms with van der Waals surface area (Å²) in [6.07, 6.45) is 3.05. The first-order chi connectivity index (χ1) is 14.7. The van der Waals surface area contributed by atoms with Gasteiger partial charge in [-0.2, -0.15) is 0 Å². The molecular formula is C20H23N5O5S. The Labute approximate surface area is 179 Å². The van der Waals surface area contributed by atoms with E-state index in [0.717, 1.165) is 12.8 Å². The minimum atomic E-state index is -3.38. The normalized spacial score (nSPS) is 11.6. The number of ether oxygens (including phenoxy) is 1. The van der Waals surface area contributed by atoms with Gasteiger partial charge in [-0.3, -0.25) is 0 Å². The minimum Gasteiger partial charge on any atom is -0.459 e. The van der Waals surface area contributed by atoms with Gasteiger partial charge in [-0.25, -0.2) is 23.2 Å². The van der Waals surface area contributed by atoms with E-state index in [2.05, 4.69) is 20.2 Å². The van der Waals surface area contributed by atoms with Crippen molar-refractivity contribution in [2.75, 3.05) is 12.3 Å². The van der Waals surface area contributed by atoms with Gasteiger partial charge in [-0.05, 0) is 32.4 Å². The smallest absolute Gasteiger partial charge is 0.396 e. The van der Waals surface area contributed by atoms with Crippen molar-refractivity contribution in [2.24, 2.45) is 0 Å². The summed E-state index contributed by atoms with van der Waals surface area (Å²) in [6.45, 7) is 5.48. The Bertz CT molecular complexity index is 1170. The number of aromatic nitrogens is 4. The third-order valence-electron chi connectivity index (χ3n) is 4.43. The predicted octanol–water partition coefficient (Wildman–Crippen LogP) is 2.91. The van der Waals surface area contributed by atoms with Crippen molar-refractivity contribution >= 4 is 21.6 Å². The number of rotatable bonds is 8. The molecule has 2 heterocycles. The molecule has 0 fully saturated rings. The molecule has 0 saturated carbocycles. The van der Waals surface area contributed by atoms with Gasteiger partial charge >= 0.3 is 11.9 Å². The summed E-state index contributed by atoms with van der Waals surface area (Å²) in [4.78, 5) is 20.7. The molecule has 3 rings (SSSR count). The fourth-order valence-corrected chi connectivity index (χ4v) is 3.61. The Morgan fingerprint density at radius 1 is 1.19 bits per heavy atom. The van der Waals surface area contributed by atoms with E-state index in [0.29, 0.717) is 11.3 Å². The Morgan fingerprint density at radius 2 is 1.90 bits per heavy atom. The number of carbonyl (C=O) groups excluding carboxylic acids is 1. The highest BCUT2D eigenvalue weighted by atomic mass is 32.2. The standard InChI is InChI=1S/C20H23N5O5S/c1-4-5-10-29-20(26)19-25-24-18(30-19)16-17(21)22-11-15(23-16)13-6-8-14(9-7-13)31(27,28)12(2)3/h6-9,11-12H,4-5,10H2,1-3H3,(H2,21,22). The fourth-order valence-electron chi connectivity index (χ4n) is 2.55. The predicted molar refractivity (Wildman–Crippen MR) is 113 cm³/mol. The van der Waals surface area contributed by atoms with Gasteiger partial charge in [0.1, 0.15) is 0 Å². The van der Waals surface area contributed by atoms with Crippen LogP contribution in [-0.4, -0.2) is 46.4 Å². The highest BCUT2D eigenvalue weighted by Crippen LogP contribution is 2.26. The summed E-state index contributed by atoms with van der Waals surface area (Å²) >= 11 is 0. The summed E-state index contributed by atoms with van der Waals surface area (Å²) in [6, 6.07) is 6.28. The van der Waals surface area contributed by atoms with Crippen molar-refractivity contribution in [3.05, 3.63) is 36.4 Å². The molecule has 2 aromatic heterocycles. The second-order valence-corrected chi connectivity index (χ2v) is 9.51. The van der Waals surface area contributed by atoms with Crippen LogP contribution in [0.3, 0.4) is 0 Å². The third kappa shape index (κ3) is 4.88. The molecule has 3 aromatic rings. The summed E-state index contributed by atoms with van der Waals surface area (Å²) in [5, 5.41) is 6.98. The van der Waals surface area contributed by atoms with Crippen LogP contribution < -0.4 is 5.73 Å². The van der Waals surface area contributed by atoms with E-state index in [1.165, 1.54) is 18.3 Å². The third-order valence-corrected chi connectivity index (χ3v) is 6.60. The van der Waals surface area contributed by atoms with E-state index in [1.54, 1.807) is 26.0 Å². The molecule has 0 radical (unpaired) electrons. The van der Waals surface area contributed by atoms with Gasteiger partial charge in [-0.15, -0.1) is 10.2 Å². The van der Waals surface area contributed by atoms with Crippen LogP contribution in [0, 0.1) is 0 Å². The average molecular weight is 446 g/mol. The summed E-state index contributed by atoms with van der Waals surface area (Å²) in [7, 11) is -3.38. The molecular weight excluding hydrogens is 422 g/mol. The highest BCUT2D eigenvalue weighted by Gasteiger charge is 2.22. The van der Waals surface area contributed by atoms with Crippen molar-refractivity contribution in [3.8, 4) is 22.8 Å². The zero-order valence-electron chi connectivity index (χ0n) is 17.4. The average Bonchev–Trinajstić information content (AvgIpc) is 3.24. The van der Waals surface area contributed by atoms with Crippen LogP contribution in [0.25, 0.3) is 22.8 Å². The van der Waals surface area contributed by atoms with E-state index < -0.39 is 21.1 Å². The molecule has 0 bridgehead atoms. The SMILES string of the molecule is CCCCOC(=O)c1nnc(-c2nc(-c3ccc(S(=O)(=O)C(C)C)cc3)cnc2N)o1. The molecule has 1 aromatic carbocycles. The number of nitrogens with zero attached hydrogens (tertiary/aromatic N) is 4. The van der Waals surface area contributed by atoms with Crippen LogP contribution in [0.1, 0.15) is 44.3 Å². The maximum Gasteiger partial charge on any atom is 0.396 e. The molecule has 0 unspecified atom stereocenters. The van der Waals surface area contributed by atoms with Crippen LogP contribution in [0.15, 0.2) is 39.8 Å². The van der Waals surface area contributed by atoms with Crippen molar-refractivity contribution in [2.45, 2.75) is 43.8 Å². The maximum absolute atomic E-state index is 12.3. The number of nitrogens with two attached hydrogens (primary N) is 1. The second-order valence-electron chi connectivity index (χ2n) is 7.01. The molecule has 0 aliphatic carbocycles. The number of hydrogen-bond acceptors (Lipinski definition) is 10. The molecule has 0 aliphatic rings. The number of unbranched alkanes of at least 4 members (excludes halogenated alkanes) is 1. The largest absolute Gasteiger partial charge is 0.459 e. The van der Waals surface area contributed by atoms with Crippen LogP contribution >= 0.6 is 0 Å². The topological polar surface area (TPSA) is 151 Å². The number of anilines is 1. The Hall–Kier alpha value is -3.34. The van der Waals surface area contributed by atoms with Crippen LogP contribution in [0.4, 0.5) is 5.82 Å². The van der Waals surface area contributed by atoms with Gasteiger partial charge in [-0.1, -0.05) is 25.5 Å².